The number of hydrogen-bond donors (Lipinski definition) is 0. The fourth-order valence-electron chi connectivity index (χ4n) is 3.35. The van der Waals surface area contributed by atoms with Crippen LogP contribution in [0.2, 0.25) is 5.02 Å². The van der Waals surface area contributed by atoms with Crippen LogP contribution in [0.1, 0.15) is 12.2 Å². The van der Waals surface area contributed by atoms with Gasteiger partial charge in [0.05, 0.1) is 42.0 Å². The Morgan fingerprint density at radius 2 is 2.00 bits per heavy atom. The lowest BCUT2D eigenvalue weighted by Gasteiger charge is -2.22. The zero-order chi connectivity index (χ0) is 23.2. The third-order valence-electron chi connectivity index (χ3n) is 4.92. The van der Waals surface area contributed by atoms with Crippen LogP contribution in [0.3, 0.4) is 0 Å². The van der Waals surface area contributed by atoms with E-state index < -0.39 is 0 Å². The summed E-state index contributed by atoms with van der Waals surface area (Å²) in [6.45, 7) is 0.463. The molecule has 0 aliphatic heterocycles. The van der Waals surface area contributed by atoms with Crippen LogP contribution in [0.15, 0.2) is 81.3 Å². The molecule has 33 heavy (non-hydrogen) atoms. The molecule has 2 aromatic heterocycles. The topological polar surface area (TPSA) is 92.1 Å². The summed E-state index contributed by atoms with van der Waals surface area (Å²) >= 11 is 7.27. The Hall–Kier alpha value is -3.54. The number of para-hydroxylation sites is 1. The molecule has 0 spiro atoms. The highest BCUT2D eigenvalue weighted by Gasteiger charge is 2.19. The number of nitriles is 1. The number of thioether (sulfide) groups is 1. The molecule has 166 valence electrons. The van der Waals surface area contributed by atoms with Gasteiger partial charge in [0, 0.05) is 17.3 Å². The molecule has 0 saturated heterocycles. The van der Waals surface area contributed by atoms with E-state index in [2.05, 4.69) is 11.1 Å². The van der Waals surface area contributed by atoms with Gasteiger partial charge in [-0.15, -0.1) is 0 Å². The largest absolute Gasteiger partial charge is 0.467 e. The maximum Gasteiger partial charge on any atom is 0.262 e. The second kappa shape index (κ2) is 10.4. The number of nitrogens with zero attached hydrogens (tertiary/aromatic N) is 4. The van der Waals surface area contributed by atoms with E-state index >= 15 is 0 Å². The van der Waals surface area contributed by atoms with E-state index in [9.17, 15) is 9.59 Å². The third-order valence-corrected chi connectivity index (χ3v) is 6.11. The Morgan fingerprint density at radius 3 is 2.73 bits per heavy atom. The summed E-state index contributed by atoms with van der Waals surface area (Å²) < 4.78 is 6.92. The molecule has 7 nitrogen and oxygen atoms in total. The zero-order valence-corrected chi connectivity index (χ0v) is 19.1. The predicted octanol–water partition coefficient (Wildman–Crippen LogP) is 4.73. The van der Waals surface area contributed by atoms with Gasteiger partial charge in [-0.3, -0.25) is 14.2 Å². The van der Waals surface area contributed by atoms with Gasteiger partial charge < -0.3 is 9.32 Å². The van der Waals surface area contributed by atoms with Crippen LogP contribution in [-0.4, -0.2) is 27.8 Å². The Bertz CT molecular complexity index is 1360. The fraction of sp³-hybridized carbons (Fsp3) is 0.167. The Morgan fingerprint density at radius 1 is 1.18 bits per heavy atom. The number of rotatable bonds is 8. The fourth-order valence-corrected chi connectivity index (χ4v) is 4.39. The van der Waals surface area contributed by atoms with E-state index in [-0.39, 0.29) is 36.7 Å². The molecule has 0 saturated carbocycles. The minimum absolute atomic E-state index is 0.0387. The lowest BCUT2D eigenvalue weighted by molar-refractivity contribution is -0.116. The summed E-state index contributed by atoms with van der Waals surface area (Å²) in [5.41, 5.74) is 0.930. The van der Waals surface area contributed by atoms with E-state index in [1.54, 1.807) is 35.2 Å². The van der Waals surface area contributed by atoms with Gasteiger partial charge in [-0.1, -0.05) is 41.6 Å². The van der Waals surface area contributed by atoms with Crippen LogP contribution < -0.4 is 10.5 Å². The van der Waals surface area contributed by atoms with Crippen LogP contribution in [0.25, 0.3) is 10.9 Å². The van der Waals surface area contributed by atoms with Crippen LogP contribution in [0.4, 0.5) is 5.69 Å². The first-order chi connectivity index (χ1) is 16.1. The van der Waals surface area contributed by atoms with E-state index in [1.165, 1.54) is 10.8 Å². The van der Waals surface area contributed by atoms with E-state index in [0.717, 1.165) is 11.8 Å². The van der Waals surface area contributed by atoms with Crippen molar-refractivity contribution in [1.82, 2.24) is 9.55 Å². The van der Waals surface area contributed by atoms with Gasteiger partial charge >= 0.3 is 0 Å². The van der Waals surface area contributed by atoms with Crippen molar-refractivity contribution in [3.05, 3.63) is 88.1 Å². The quantitative estimate of drug-likeness (QED) is 0.268. The molecule has 0 N–H and O–H groups in total. The maximum absolute atomic E-state index is 13.2. The van der Waals surface area contributed by atoms with Crippen molar-refractivity contribution in [3.63, 3.8) is 0 Å². The normalized spacial score (nSPS) is 10.8. The van der Waals surface area contributed by atoms with E-state index in [1.807, 2.05) is 30.3 Å². The molecule has 4 aromatic rings. The SMILES string of the molecule is N#CCCN(C(=O)CSc1nc2cc(Cl)ccc2c(=O)n1Cc1ccco1)c1ccccc1. The first-order valence-electron chi connectivity index (χ1n) is 10.1. The van der Waals surface area contributed by atoms with Crippen molar-refractivity contribution < 1.29 is 9.21 Å². The smallest absolute Gasteiger partial charge is 0.262 e. The number of furan rings is 1. The summed E-state index contributed by atoms with van der Waals surface area (Å²) in [7, 11) is 0. The van der Waals surface area contributed by atoms with Gasteiger partial charge in [0.2, 0.25) is 5.91 Å². The minimum Gasteiger partial charge on any atom is -0.467 e. The molecular formula is C24H19ClN4O3S. The summed E-state index contributed by atoms with van der Waals surface area (Å²) in [6, 6.07) is 19.7. The summed E-state index contributed by atoms with van der Waals surface area (Å²) in [6.07, 6.45) is 1.75. The van der Waals surface area contributed by atoms with Crippen molar-refractivity contribution in [1.29, 1.82) is 5.26 Å². The average Bonchev–Trinajstić information content (AvgIpc) is 3.34. The molecule has 0 bridgehead atoms. The predicted molar refractivity (Wildman–Crippen MR) is 129 cm³/mol. The standard InChI is InChI=1S/C24H19ClN4O3S/c25-17-9-10-20-21(14-17)27-24(29(23(20)31)15-19-8-4-13-32-19)33-16-22(30)28(12-5-11-26)18-6-2-1-3-7-18/h1-4,6-10,13-14H,5,12,15-16H2. The number of carbonyl (C=O) groups is 1. The van der Waals surface area contributed by atoms with E-state index in [4.69, 9.17) is 21.3 Å². The third kappa shape index (κ3) is 5.28. The summed E-state index contributed by atoms with van der Waals surface area (Å²) in [5, 5.41) is 10.3. The Balaban J connectivity index is 1.66. The van der Waals surface area contributed by atoms with Gasteiger partial charge in [0.1, 0.15) is 5.76 Å². The van der Waals surface area contributed by atoms with Crippen molar-refractivity contribution >= 4 is 45.9 Å². The van der Waals surface area contributed by atoms with E-state index in [0.29, 0.717) is 32.5 Å². The number of carbonyl (C=O) groups excluding carboxylic acids is 1. The number of benzene rings is 2. The molecule has 0 aliphatic rings. The Kier molecular flexibility index (Phi) is 7.13. The number of anilines is 1. The number of aromatic nitrogens is 2. The first kappa shape index (κ1) is 22.6. The molecule has 0 aliphatic carbocycles. The Labute approximate surface area is 199 Å². The van der Waals surface area contributed by atoms with Crippen molar-refractivity contribution in [3.8, 4) is 6.07 Å². The monoisotopic (exact) mass is 478 g/mol. The molecule has 0 radical (unpaired) electrons. The molecular weight excluding hydrogens is 460 g/mol. The van der Waals surface area contributed by atoms with Crippen molar-refractivity contribution in [2.24, 2.45) is 0 Å². The molecule has 9 heteroatoms. The lowest BCUT2D eigenvalue weighted by Crippen LogP contribution is -2.33. The van der Waals surface area contributed by atoms with Crippen LogP contribution in [0.5, 0.6) is 0 Å². The summed E-state index contributed by atoms with van der Waals surface area (Å²) in [4.78, 5) is 32.5. The molecule has 2 aromatic carbocycles. The van der Waals surface area contributed by atoms with Gasteiger partial charge in [-0.25, -0.2) is 4.98 Å². The maximum atomic E-state index is 13.2. The highest BCUT2D eigenvalue weighted by atomic mass is 35.5. The molecule has 4 rings (SSSR count). The number of hydrogen-bond acceptors (Lipinski definition) is 6. The van der Waals surface area contributed by atoms with Gasteiger partial charge in [0.15, 0.2) is 5.16 Å². The van der Waals surface area contributed by atoms with Crippen molar-refractivity contribution in [2.45, 2.75) is 18.1 Å². The van der Waals surface area contributed by atoms with Crippen LogP contribution >= 0.6 is 23.4 Å². The molecule has 0 unspecified atom stereocenters. The molecule has 1 amide bonds. The average molecular weight is 479 g/mol. The molecule has 0 atom stereocenters. The highest BCUT2D eigenvalue weighted by molar-refractivity contribution is 7.99. The van der Waals surface area contributed by atoms with Crippen molar-refractivity contribution in [2.75, 3.05) is 17.2 Å². The van der Waals surface area contributed by atoms with Crippen LogP contribution in [0, 0.1) is 11.3 Å². The first-order valence-corrected chi connectivity index (χ1v) is 11.5. The van der Waals surface area contributed by atoms with Gasteiger partial charge in [0.25, 0.3) is 5.56 Å². The lowest BCUT2D eigenvalue weighted by atomic mass is 10.2. The van der Waals surface area contributed by atoms with Gasteiger partial charge in [-0.05, 0) is 42.5 Å². The van der Waals surface area contributed by atoms with Gasteiger partial charge in [-0.2, -0.15) is 5.26 Å². The summed E-state index contributed by atoms with van der Waals surface area (Å²) in [5.74, 6) is 0.448. The molecule has 0 fully saturated rings. The second-order valence-electron chi connectivity index (χ2n) is 7.10. The number of amides is 1. The zero-order valence-electron chi connectivity index (χ0n) is 17.5. The highest BCUT2D eigenvalue weighted by Crippen LogP contribution is 2.23. The van der Waals surface area contributed by atoms with Crippen LogP contribution in [-0.2, 0) is 11.3 Å². The number of halogens is 1. The minimum atomic E-state index is -0.243. The number of fused-ring (bicyclic) bond motifs is 1. The second-order valence-corrected chi connectivity index (χ2v) is 8.48. The molecule has 2 heterocycles.